The maximum atomic E-state index is 11.0. The number of aryl methyl sites for hydroxylation is 1. The summed E-state index contributed by atoms with van der Waals surface area (Å²) >= 11 is 0. The summed E-state index contributed by atoms with van der Waals surface area (Å²) in [6.45, 7) is 2.26. The van der Waals surface area contributed by atoms with Crippen LogP contribution in [0, 0.1) is 5.41 Å². The highest BCUT2D eigenvalue weighted by Crippen LogP contribution is 2.38. The van der Waals surface area contributed by atoms with E-state index in [2.05, 4.69) is 41.7 Å². The molecule has 1 saturated carbocycles. The number of amides is 2. The zero-order valence-corrected chi connectivity index (χ0v) is 12.8. The highest BCUT2D eigenvalue weighted by atomic mass is 16.2. The molecule has 21 heavy (non-hydrogen) atoms. The van der Waals surface area contributed by atoms with Gasteiger partial charge in [0.1, 0.15) is 0 Å². The van der Waals surface area contributed by atoms with Gasteiger partial charge in [-0.25, -0.2) is 10.2 Å². The lowest BCUT2D eigenvalue weighted by atomic mass is 9.71. The third-order valence-corrected chi connectivity index (χ3v) is 4.45. The van der Waals surface area contributed by atoms with Crippen LogP contribution in [0.25, 0.3) is 0 Å². The average Bonchev–Trinajstić information content (AvgIpc) is 2.48. The molecular weight excluding hydrogens is 262 g/mol. The van der Waals surface area contributed by atoms with Gasteiger partial charge in [-0.3, -0.25) is 0 Å². The van der Waals surface area contributed by atoms with Crippen LogP contribution in [0.4, 0.5) is 4.79 Å². The summed E-state index contributed by atoms with van der Waals surface area (Å²) < 4.78 is 0. The summed E-state index contributed by atoms with van der Waals surface area (Å²) in [5, 5.41) is 4.33. The van der Waals surface area contributed by atoms with Crippen LogP contribution in [0.1, 0.15) is 51.0 Å². The van der Waals surface area contributed by atoms with E-state index in [0.717, 1.165) is 31.4 Å². The van der Waals surface area contributed by atoms with Crippen LogP contribution in [0.15, 0.2) is 35.4 Å². The van der Waals surface area contributed by atoms with Crippen LogP contribution < -0.4 is 11.2 Å². The Morgan fingerprint density at radius 1 is 1.24 bits per heavy atom. The van der Waals surface area contributed by atoms with E-state index in [0.29, 0.717) is 0 Å². The summed E-state index contributed by atoms with van der Waals surface area (Å²) in [6, 6.07) is 9.79. The quantitative estimate of drug-likeness (QED) is 0.630. The minimum Gasteiger partial charge on any atom is -0.350 e. The largest absolute Gasteiger partial charge is 0.350 e. The maximum absolute atomic E-state index is 11.0. The number of hydrogen-bond donors (Lipinski definition) is 2. The van der Waals surface area contributed by atoms with Crippen molar-refractivity contribution in [1.29, 1.82) is 0 Å². The van der Waals surface area contributed by atoms with Gasteiger partial charge >= 0.3 is 6.03 Å². The topological polar surface area (TPSA) is 67.5 Å². The number of urea groups is 1. The van der Waals surface area contributed by atoms with Crippen LogP contribution >= 0.6 is 0 Å². The molecule has 1 aromatic rings. The number of hydrogen-bond acceptors (Lipinski definition) is 2. The lowest BCUT2D eigenvalue weighted by molar-refractivity contribution is 0.249. The Morgan fingerprint density at radius 2 is 1.90 bits per heavy atom. The minimum absolute atomic E-state index is 0.0927. The molecule has 114 valence electrons. The van der Waals surface area contributed by atoms with Gasteiger partial charge in [0, 0.05) is 11.1 Å². The van der Waals surface area contributed by atoms with Crippen molar-refractivity contribution in [3.63, 3.8) is 0 Å². The molecule has 1 aliphatic rings. The summed E-state index contributed by atoms with van der Waals surface area (Å²) in [5.74, 6) is 0. The van der Waals surface area contributed by atoms with Gasteiger partial charge in [-0.2, -0.15) is 5.10 Å². The number of nitrogens with one attached hydrogen (secondary N) is 1. The predicted octanol–water partition coefficient (Wildman–Crippen LogP) is 3.61. The summed E-state index contributed by atoms with van der Waals surface area (Å²) in [6.07, 6.45) is 7.85. The number of nitrogens with two attached hydrogens (primary N) is 1. The number of nitrogens with zero attached hydrogens (tertiary/aromatic N) is 1. The molecule has 0 bridgehead atoms. The number of carbonyl (C=O) groups is 1. The molecule has 0 atom stereocenters. The summed E-state index contributed by atoms with van der Waals surface area (Å²) in [7, 11) is 0. The molecule has 0 saturated heterocycles. The fourth-order valence-corrected chi connectivity index (χ4v) is 3.14. The lowest BCUT2D eigenvalue weighted by Gasteiger charge is -2.35. The van der Waals surface area contributed by atoms with Crippen molar-refractivity contribution < 1.29 is 4.79 Å². The molecule has 0 unspecified atom stereocenters. The van der Waals surface area contributed by atoms with Gasteiger partial charge in [-0.15, -0.1) is 0 Å². The van der Waals surface area contributed by atoms with Gasteiger partial charge in [0.25, 0.3) is 0 Å². The number of carbonyl (C=O) groups excluding carboxylic acids is 1. The number of hydrazone groups is 1. The Bertz CT molecular complexity index is 490. The Hall–Kier alpha value is -1.84. The normalized spacial score (nSPS) is 18.2. The first-order chi connectivity index (χ1) is 10.1. The van der Waals surface area contributed by atoms with Gasteiger partial charge in [0.2, 0.25) is 0 Å². The monoisotopic (exact) mass is 287 g/mol. The molecule has 4 heteroatoms. The predicted molar refractivity (Wildman–Crippen MR) is 86.1 cm³/mol. The molecule has 0 aromatic heterocycles. The van der Waals surface area contributed by atoms with Crippen molar-refractivity contribution in [1.82, 2.24) is 5.43 Å². The van der Waals surface area contributed by atoms with Crippen molar-refractivity contribution >= 4 is 11.7 Å². The van der Waals surface area contributed by atoms with Crippen LogP contribution in [-0.4, -0.2) is 11.7 Å². The second-order valence-electron chi connectivity index (χ2n) is 6.14. The van der Waals surface area contributed by atoms with Crippen molar-refractivity contribution in [2.45, 2.75) is 51.9 Å². The zero-order valence-electron chi connectivity index (χ0n) is 12.8. The Morgan fingerprint density at radius 3 is 2.52 bits per heavy atom. The molecule has 0 radical (unpaired) electrons. The third kappa shape index (κ3) is 4.59. The molecule has 2 amide bonds. The summed E-state index contributed by atoms with van der Waals surface area (Å²) in [4.78, 5) is 11.0. The van der Waals surface area contributed by atoms with Crippen LogP contribution in [0.3, 0.4) is 0 Å². The van der Waals surface area contributed by atoms with Crippen molar-refractivity contribution in [2.75, 3.05) is 0 Å². The number of benzene rings is 1. The second kappa shape index (κ2) is 7.25. The molecule has 3 N–H and O–H groups in total. The number of primary amides is 1. The SMILES string of the molecule is CC1(/C(CCc2ccccc2)=N\NC(N)=O)CCCCC1. The molecule has 0 spiro atoms. The van der Waals surface area contributed by atoms with Gasteiger partial charge in [-0.1, -0.05) is 56.5 Å². The van der Waals surface area contributed by atoms with Gasteiger partial charge in [0.05, 0.1) is 0 Å². The highest BCUT2D eigenvalue weighted by molar-refractivity contribution is 5.91. The van der Waals surface area contributed by atoms with Crippen LogP contribution in [0.2, 0.25) is 0 Å². The first-order valence-electron chi connectivity index (χ1n) is 7.76. The van der Waals surface area contributed by atoms with Crippen LogP contribution in [0.5, 0.6) is 0 Å². The molecule has 2 rings (SSSR count). The number of rotatable bonds is 5. The minimum atomic E-state index is -0.591. The van der Waals surface area contributed by atoms with Gasteiger partial charge in [0.15, 0.2) is 0 Å². The Kier molecular flexibility index (Phi) is 5.37. The fraction of sp³-hybridized carbons (Fsp3) is 0.529. The fourth-order valence-electron chi connectivity index (χ4n) is 3.14. The maximum Gasteiger partial charge on any atom is 0.332 e. The molecule has 0 heterocycles. The Balaban J connectivity index is 2.08. The van der Waals surface area contributed by atoms with E-state index in [4.69, 9.17) is 5.73 Å². The third-order valence-electron chi connectivity index (χ3n) is 4.45. The average molecular weight is 287 g/mol. The molecule has 1 aliphatic carbocycles. The second-order valence-corrected chi connectivity index (χ2v) is 6.14. The molecule has 1 aromatic carbocycles. The molecule has 4 nitrogen and oxygen atoms in total. The molecule has 0 aliphatic heterocycles. The molecular formula is C17H25N3O. The lowest BCUT2D eigenvalue weighted by Crippen LogP contribution is -2.34. The van der Waals surface area contributed by atoms with E-state index >= 15 is 0 Å². The van der Waals surface area contributed by atoms with E-state index in [1.807, 2.05) is 6.07 Å². The van der Waals surface area contributed by atoms with Crippen molar-refractivity contribution in [2.24, 2.45) is 16.3 Å². The van der Waals surface area contributed by atoms with E-state index in [1.165, 1.54) is 24.8 Å². The summed E-state index contributed by atoms with van der Waals surface area (Å²) in [5.41, 5.74) is 10.1. The first-order valence-corrected chi connectivity index (χ1v) is 7.76. The standard InChI is InChI=1S/C17H25N3O/c1-17(12-6-3-7-13-17)15(19-20-16(18)21)11-10-14-8-4-2-5-9-14/h2,4-5,8-9H,3,6-7,10-13H2,1H3,(H3,18,20,21)/b19-15-. The van der Waals surface area contributed by atoms with E-state index < -0.39 is 6.03 Å². The highest BCUT2D eigenvalue weighted by Gasteiger charge is 2.32. The van der Waals surface area contributed by atoms with Crippen molar-refractivity contribution in [3.05, 3.63) is 35.9 Å². The van der Waals surface area contributed by atoms with Gasteiger partial charge < -0.3 is 5.73 Å². The van der Waals surface area contributed by atoms with E-state index in [9.17, 15) is 4.79 Å². The Labute approximate surface area is 126 Å². The zero-order chi connectivity index (χ0) is 15.1. The van der Waals surface area contributed by atoms with E-state index in [1.54, 1.807) is 0 Å². The molecule has 1 fully saturated rings. The van der Waals surface area contributed by atoms with Crippen LogP contribution in [-0.2, 0) is 6.42 Å². The van der Waals surface area contributed by atoms with Gasteiger partial charge in [-0.05, 0) is 31.2 Å². The smallest absolute Gasteiger partial charge is 0.332 e. The van der Waals surface area contributed by atoms with E-state index in [-0.39, 0.29) is 5.41 Å². The first kappa shape index (κ1) is 15.5. The van der Waals surface area contributed by atoms with Crippen molar-refractivity contribution in [3.8, 4) is 0 Å².